The smallest absolute Gasteiger partial charge is 0.322 e. The van der Waals surface area contributed by atoms with Crippen LogP contribution in [-0.4, -0.2) is 48.7 Å². The second-order valence-corrected chi connectivity index (χ2v) is 4.29. The Morgan fingerprint density at radius 2 is 1.68 bits per heavy atom. The minimum absolute atomic E-state index is 0.0123. The molecular formula is C12H22N2O5. The molecule has 0 aliphatic heterocycles. The molecule has 7 heteroatoms. The number of ether oxygens (including phenoxy) is 1. The Morgan fingerprint density at radius 1 is 1.11 bits per heavy atom. The molecule has 2 amide bonds. The van der Waals surface area contributed by atoms with Gasteiger partial charge in [-0.3, -0.25) is 14.4 Å². The van der Waals surface area contributed by atoms with E-state index in [1.54, 1.807) is 0 Å². The minimum atomic E-state index is -1.11. The maximum absolute atomic E-state index is 11.3. The molecule has 7 nitrogen and oxygen atoms in total. The lowest BCUT2D eigenvalue weighted by molar-refractivity contribution is -0.138. The molecule has 0 radical (unpaired) electrons. The lowest BCUT2D eigenvalue weighted by Gasteiger charge is -2.08. The van der Waals surface area contributed by atoms with Crippen molar-refractivity contribution in [3.63, 3.8) is 0 Å². The molecule has 0 unspecified atom stereocenters. The number of rotatable bonds is 10. The van der Waals surface area contributed by atoms with E-state index in [0.29, 0.717) is 13.2 Å². The lowest BCUT2D eigenvalue weighted by atomic mass is 10.2. The Bertz CT molecular complexity index is 304. The fourth-order valence-corrected chi connectivity index (χ4v) is 1.20. The van der Waals surface area contributed by atoms with E-state index in [-0.39, 0.29) is 24.9 Å². The molecule has 3 N–H and O–H groups in total. The summed E-state index contributed by atoms with van der Waals surface area (Å²) in [6.07, 6.45) is 0.932. The number of carbonyl (C=O) groups excluding carboxylic acids is 2. The molecule has 0 aromatic heterocycles. The predicted octanol–water partition coefficient (Wildman–Crippen LogP) is -0.101. The van der Waals surface area contributed by atoms with E-state index in [1.807, 2.05) is 13.8 Å². The minimum Gasteiger partial charge on any atom is -0.480 e. The molecule has 0 fully saturated rings. The monoisotopic (exact) mass is 274 g/mol. The van der Waals surface area contributed by atoms with Crippen molar-refractivity contribution in [3.8, 4) is 0 Å². The van der Waals surface area contributed by atoms with Gasteiger partial charge < -0.3 is 20.5 Å². The second kappa shape index (κ2) is 10.3. The van der Waals surface area contributed by atoms with Crippen molar-refractivity contribution >= 4 is 17.8 Å². The fraction of sp³-hybridized carbons (Fsp3) is 0.750. The first-order chi connectivity index (χ1) is 8.91. The zero-order chi connectivity index (χ0) is 14.7. The van der Waals surface area contributed by atoms with E-state index >= 15 is 0 Å². The van der Waals surface area contributed by atoms with Crippen LogP contribution in [0.1, 0.15) is 33.1 Å². The van der Waals surface area contributed by atoms with E-state index in [9.17, 15) is 14.4 Å². The number of amides is 2. The zero-order valence-corrected chi connectivity index (χ0v) is 11.4. The van der Waals surface area contributed by atoms with Gasteiger partial charge in [-0.2, -0.15) is 0 Å². The lowest BCUT2D eigenvalue weighted by Crippen LogP contribution is -2.31. The molecule has 0 aliphatic rings. The molecule has 19 heavy (non-hydrogen) atoms. The second-order valence-electron chi connectivity index (χ2n) is 4.29. The first-order valence-corrected chi connectivity index (χ1v) is 6.28. The Labute approximate surface area is 112 Å². The number of carboxylic acid groups (broad SMARTS) is 1. The van der Waals surface area contributed by atoms with Crippen molar-refractivity contribution in [1.82, 2.24) is 10.6 Å². The summed E-state index contributed by atoms with van der Waals surface area (Å²) in [6.45, 7) is 4.54. The van der Waals surface area contributed by atoms with Gasteiger partial charge in [0.2, 0.25) is 11.8 Å². The van der Waals surface area contributed by atoms with Crippen molar-refractivity contribution in [3.05, 3.63) is 0 Å². The van der Waals surface area contributed by atoms with Gasteiger partial charge in [0, 0.05) is 26.0 Å². The number of carbonyl (C=O) groups is 3. The van der Waals surface area contributed by atoms with E-state index in [0.717, 1.165) is 6.42 Å². The molecule has 110 valence electrons. The highest BCUT2D eigenvalue weighted by molar-refractivity contribution is 5.85. The maximum Gasteiger partial charge on any atom is 0.322 e. The Hall–Kier alpha value is -1.63. The molecule has 0 aromatic carbocycles. The predicted molar refractivity (Wildman–Crippen MR) is 68.6 cm³/mol. The summed E-state index contributed by atoms with van der Waals surface area (Å²) in [5.41, 5.74) is 0. The van der Waals surface area contributed by atoms with Crippen LogP contribution in [0.3, 0.4) is 0 Å². The quantitative estimate of drug-likeness (QED) is 0.482. The SMILES string of the molecule is CC(C)OCCCNC(=O)CCC(=O)NCC(=O)O. The van der Waals surface area contributed by atoms with Crippen LogP contribution in [0.25, 0.3) is 0 Å². The highest BCUT2D eigenvalue weighted by Gasteiger charge is 2.07. The van der Waals surface area contributed by atoms with Gasteiger partial charge in [-0.15, -0.1) is 0 Å². The van der Waals surface area contributed by atoms with Crippen molar-refractivity contribution in [2.75, 3.05) is 19.7 Å². The molecule has 0 saturated heterocycles. The Balaban J connectivity index is 3.48. The topological polar surface area (TPSA) is 105 Å². The molecule has 0 spiro atoms. The summed E-state index contributed by atoms with van der Waals surface area (Å²) in [5.74, 6) is -1.78. The van der Waals surface area contributed by atoms with Crippen molar-refractivity contribution in [2.24, 2.45) is 0 Å². The van der Waals surface area contributed by atoms with Crippen LogP contribution in [0, 0.1) is 0 Å². The van der Waals surface area contributed by atoms with Crippen LogP contribution < -0.4 is 10.6 Å². The van der Waals surface area contributed by atoms with Crippen molar-refractivity contribution in [1.29, 1.82) is 0 Å². The van der Waals surface area contributed by atoms with Crippen LogP contribution >= 0.6 is 0 Å². The Kier molecular flexibility index (Phi) is 9.42. The van der Waals surface area contributed by atoms with Gasteiger partial charge in [0.25, 0.3) is 0 Å². The van der Waals surface area contributed by atoms with Crippen molar-refractivity contribution in [2.45, 2.75) is 39.2 Å². The first kappa shape index (κ1) is 17.4. The molecule has 0 rings (SSSR count). The standard InChI is InChI=1S/C12H22N2O5/c1-9(2)19-7-3-6-13-10(15)4-5-11(16)14-8-12(17)18/h9H,3-8H2,1-2H3,(H,13,15)(H,14,16)(H,17,18). The van der Waals surface area contributed by atoms with E-state index in [2.05, 4.69) is 10.6 Å². The number of hydrogen-bond acceptors (Lipinski definition) is 4. The van der Waals surface area contributed by atoms with E-state index < -0.39 is 18.4 Å². The number of carboxylic acids is 1. The summed E-state index contributed by atoms with van der Waals surface area (Å²) in [4.78, 5) is 32.6. The van der Waals surface area contributed by atoms with E-state index in [4.69, 9.17) is 9.84 Å². The molecule has 0 heterocycles. The third-order valence-electron chi connectivity index (χ3n) is 2.11. The van der Waals surface area contributed by atoms with Gasteiger partial charge in [-0.05, 0) is 20.3 Å². The third-order valence-corrected chi connectivity index (χ3v) is 2.11. The average Bonchev–Trinajstić information content (AvgIpc) is 2.33. The van der Waals surface area contributed by atoms with Gasteiger partial charge in [0.15, 0.2) is 0 Å². The molecule has 0 aromatic rings. The van der Waals surface area contributed by atoms with Crippen LogP contribution in [0.2, 0.25) is 0 Å². The highest BCUT2D eigenvalue weighted by atomic mass is 16.5. The summed E-state index contributed by atoms with van der Waals surface area (Å²) in [6, 6.07) is 0. The van der Waals surface area contributed by atoms with Gasteiger partial charge in [-0.25, -0.2) is 0 Å². The fourth-order valence-electron chi connectivity index (χ4n) is 1.20. The maximum atomic E-state index is 11.3. The first-order valence-electron chi connectivity index (χ1n) is 6.28. The molecular weight excluding hydrogens is 252 g/mol. The molecule has 0 bridgehead atoms. The normalized spacial score (nSPS) is 10.3. The van der Waals surface area contributed by atoms with Gasteiger partial charge in [0.05, 0.1) is 6.10 Å². The van der Waals surface area contributed by atoms with Gasteiger partial charge >= 0.3 is 5.97 Å². The number of nitrogens with one attached hydrogen (secondary N) is 2. The van der Waals surface area contributed by atoms with Crippen molar-refractivity contribution < 1.29 is 24.2 Å². The summed E-state index contributed by atoms with van der Waals surface area (Å²) in [5, 5.41) is 13.2. The molecule has 0 atom stereocenters. The van der Waals surface area contributed by atoms with Crippen LogP contribution in [-0.2, 0) is 19.1 Å². The van der Waals surface area contributed by atoms with Gasteiger partial charge in [0.1, 0.15) is 6.54 Å². The molecule has 0 aliphatic carbocycles. The highest BCUT2D eigenvalue weighted by Crippen LogP contribution is 1.91. The largest absolute Gasteiger partial charge is 0.480 e. The summed E-state index contributed by atoms with van der Waals surface area (Å²) in [7, 11) is 0. The van der Waals surface area contributed by atoms with Crippen LogP contribution in [0.4, 0.5) is 0 Å². The summed E-state index contributed by atoms with van der Waals surface area (Å²) >= 11 is 0. The average molecular weight is 274 g/mol. The summed E-state index contributed by atoms with van der Waals surface area (Å²) < 4.78 is 5.31. The van der Waals surface area contributed by atoms with Crippen LogP contribution in [0.5, 0.6) is 0 Å². The molecule has 0 saturated carbocycles. The number of hydrogen-bond donors (Lipinski definition) is 3. The van der Waals surface area contributed by atoms with Gasteiger partial charge in [-0.1, -0.05) is 0 Å². The Morgan fingerprint density at radius 3 is 2.21 bits per heavy atom. The zero-order valence-electron chi connectivity index (χ0n) is 11.4. The van der Waals surface area contributed by atoms with E-state index in [1.165, 1.54) is 0 Å². The van der Waals surface area contributed by atoms with Crippen LogP contribution in [0.15, 0.2) is 0 Å². The number of aliphatic carboxylic acids is 1. The third kappa shape index (κ3) is 12.6.